The van der Waals surface area contributed by atoms with Gasteiger partial charge in [-0.25, -0.2) is 0 Å². The standard InChI is InChI=1S/C13H12N6O4S/c1-7-5-10(16-15-7)12(21)17-18-13(24)14-11(20)8-3-2-4-9(6-8)19(22)23/h2-6H,1H3,(H,15,16)(H,17,21)(H2,14,18,20,24). The van der Waals surface area contributed by atoms with Crippen LogP contribution in [-0.4, -0.2) is 32.0 Å². The van der Waals surface area contributed by atoms with Crippen molar-refractivity contribution >= 4 is 34.8 Å². The van der Waals surface area contributed by atoms with Crippen molar-refractivity contribution in [1.29, 1.82) is 0 Å². The van der Waals surface area contributed by atoms with Crippen molar-refractivity contribution in [3.8, 4) is 0 Å². The number of aromatic nitrogens is 2. The Morgan fingerprint density at radius 2 is 2.00 bits per heavy atom. The van der Waals surface area contributed by atoms with Crippen LogP contribution >= 0.6 is 12.2 Å². The normalized spacial score (nSPS) is 9.88. The highest BCUT2D eigenvalue weighted by Crippen LogP contribution is 2.12. The molecule has 0 atom stereocenters. The van der Waals surface area contributed by atoms with E-state index in [-0.39, 0.29) is 22.1 Å². The van der Waals surface area contributed by atoms with Crippen LogP contribution in [0.1, 0.15) is 26.5 Å². The highest BCUT2D eigenvalue weighted by atomic mass is 32.1. The van der Waals surface area contributed by atoms with Gasteiger partial charge in [0, 0.05) is 23.4 Å². The Kier molecular flexibility index (Phi) is 5.16. The highest BCUT2D eigenvalue weighted by Gasteiger charge is 2.13. The molecule has 0 bridgehead atoms. The molecule has 0 aliphatic heterocycles. The fourth-order valence-corrected chi connectivity index (χ4v) is 1.82. The summed E-state index contributed by atoms with van der Waals surface area (Å²) in [6.45, 7) is 1.74. The van der Waals surface area contributed by atoms with Crippen molar-refractivity contribution in [1.82, 2.24) is 26.4 Å². The Balaban J connectivity index is 1.90. The smallest absolute Gasteiger partial charge is 0.290 e. The number of hydrazine groups is 1. The van der Waals surface area contributed by atoms with Crippen LogP contribution in [0.5, 0.6) is 0 Å². The van der Waals surface area contributed by atoms with Gasteiger partial charge in [-0.15, -0.1) is 0 Å². The van der Waals surface area contributed by atoms with Gasteiger partial charge >= 0.3 is 0 Å². The van der Waals surface area contributed by atoms with E-state index in [9.17, 15) is 19.7 Å². The number of rotatable bonds is 3. The molecule has 124 valence electrons. The summed E-state index contributed by atoms with van der Waals surface area (Å²) in [5, 5.41) is 19.2. The third-order valence-corrected chi connectivity index (χ3v) is 2.98. The number of hydrogen-bond donors (Lipinski definition) is 4. The Morgan fingerprint density at radius 1 is 1.25 bits per heavy atom. The minimum Gasteiger partial charge on any atom is -0.298 e. The van der Waals surface area contributed by atoms with E-state index >= 15 is 0 Å². The molecule has 0 saturated carbocycles. The second-order valence-corrected chi connectivity index (χ2v) is 5.01. The molecule has 0 radical (unpaired) electrons. The number of non-ortho nitro benzene ring substituents is 1. The fourth-order valence-electron chi connectivity index (χ4n) is 1.68. The minimum absolute atomic E-state index is 0.0580. The Labute approximate surface area is 140 Å². The van der Waals surface area contributed by atoms with E-state index < -0.39 is 16.7 Å². The molecule has 0 spiro atoms. The van der Waals surface area contributed by atoms with Crippen LogP contribution < -0.4 is 16.2 Å². The lowest BCUT2D eigenvalue weighted by Gasteiger charge is -2.09. The number of aryl methyl sites for hydroxylation is 1. The zero-order valence-electron chi connectivity index (χ0n) is 12.3. The van der Waals surface area contributed by atoms with E-state index in [0.717, 1.165) is 6.07 Å². The molecule has 10 nitrogen and oxygen atoms in total. The van der Waals surface area contributed by atoms with Gasteiger partial charge in [-0.2, -0.15) is 5.10 Å². The monoisotopic (exact) mass is 348 g/mol. The summed E-state index contributed by atoms with van der Waals surface area (Å²) in [5.74, 6) is -1.20. The van der Waals surface area contributed by atoms with Crippen LogP contribution in [0.4, 0.5) is 5.69 Å². The molecule has 1 aromatic carbocycles. The number of carbonyl (C=O) groups is 2. The fraction of sp³-hybridized carbons (Fsp3) is 0.0769. The molecule has 4 N–H and O–H groups in total. The molecule has 0 unspecified atom stereocenters. The molecule has 0 saturated heterocycles. The number of amides is 2. The van der Waals surface area contributed by atoms with E-state index in [1.807, 2.05) is 0 Å². The highest BCUT2D eigenvalue weighted by molar-refractivity contribution is 7.80. The molecule has 24 heavy (non-hydrogen) atoms. The van der Waals surface area contributed by atoms with Crippen molar-refractivity contribution in [2.24, 2.45) is 0 Å². The summed E-state index contributed by atoms with van der Waals surface area (Å²) in [4.78, 5) is 33.8. The number of nitro benzene ring substituents is 1. The van der Waals surface area contributed by atoms with Crippen molar-refractivity contribution in [2.75, 3.05) is 0 Å². The molecule has 2 amide bonds. The van der Waals surface area contributed by atoms with Crippen LogP contribution in [0.15, 0.2) is 30.3 Å². The van der Waals surface area contributed by atoms with Crippen LogP contribution in [-0.2, 0) is 0 Å². The van der Waals surface area contributed by atoms with Crippen LogP contribution in [0.2, 0.25) is 0 Å². The van der Waals surface area contributed by atoms with Gasteiger partial charge in [0.05, 0.1) is 4.92 Å². The zero-order valence-corrected chi connectivity index (χ0v) is 13.1. The lowest BCUT2D eigenvalue weighted by Crippen LogP contribution is -2.48. The molecule has 2 aromatic rings. The SMILES string of the molecule is Cc1cc(C(=O)NNC(=S)NC(=O)c2cccc([N+](=O)[O-])c2)n[nH]1. The number of carbonyl (C=O) groups excluding carboxylic acids is 2. The van der Waals surface area contributed by atoms with Crippen LogP contribution in [0.25, 0.3) is 0 Å². The summed E-state index contributed by atoms with van der Waals surface area (Å²) in [7, 11) is 0. The van der Waals surface area contributed by atoms with Gasteiger partial charge in [-0.1, -0.05) is 6.07 Å². The minimum atomic E-state index is -0.652. The number of H-pyrrole nitrogens is 1. The lowest BCUT2D eigenvalue weighted by atomic mass is 10.2. The molecule has 0 aliphatic carbocycles. The van der Waals surface area contributed by atoms with Gasteiger partial charge in [0.2, 0.25) is 0 Å². The zero-order chi connectivity index (χ0) is 17.7. The molecular formula is C13H12N6O4S. The summed E-state index contributed by atoms with van der Waals surface area (Å²) in [6.07, 6.45) is 0. The molecular weight excluding hydrogens is 336 g/mol. The van der Waals surface area contributed by atoms with Crippen LogP contribution in [0, 0.1) is 17.0 Å². The first-order chi connectivity index (χ1) is 11.4. The average molecular weight is 348 g/mol. The Morgan fingerprint density at radius 3 is 2.62 bits per heavy atom. The third kappa shape index (κ3) is 4.33. The first kappa shape index (κ1) is 17.0. The Hall–Kier alpha value is -3.34. The number of nitrogens with zero attached hydrogens (tertiary/aromatic N) is 2. The molecule has 2 rings (SSSR count). The predicted molar refractivity (Wildman–Crippen MR) is 87.1 cm³/mol. The van der Waals surface area contributed by atoms with E-state index in [2.05, 4.69) is 26.4 Å². The summed E-state index contributed by atoms with van der Waals surface area (Å²) >= 11 is 4.87. The topological polar surface area (TPSA) is 142 Å². The number of hydrogen-bond acceptors (Lipinski definition) is 6. The van der Waals surface area contributed by atoms with Crippen molar-refractivity contribution in [2.45, 2.75) is 6.92 Å². The first-order valence-corrected chi connectivity index (χ1v) is 6.96. The average Bonchev–Trinajstić information content (AvgIpc) is 2.99. The quantitative estimate of drug-likeness (QED) is 0.361. The second kappa shape index (κ2) is 7.28. The van der Waals surface area contributed by atoms with Crippen molar-refractivity contribution in [3.63, 3.8) is 0 Å². The number of benzene rings is 1. The maximum absolute atomic E-state index is 12.0. The maximum atomic E-state index is 12.0. The largest absolute Gasteiger partial charge is 0.298 e. The van der Waals surface area contributed by atoms with Gasteiger partial charge in [0.15, 0.2) is 10.8 Å². The van der Waals surface area contributed by atoms with E-state index in [1.54, 1.807) is 6.92 Å². The summed E-state index contributed by atoms with van der Waals surface area (Å²) < 4.78 is 0. The number of nitro groups is 1. The summed E-state index contributed by atoms with van der Waals surface area (Å²) in [6, 6.07) is 6.69. The van der Waals surface area contributed by atoms with Gasteiger partial charge in [-0.3, -0.25) is 41.0 Å². The Bertz CT molecular complexity index is 818. The van der Waals surface area contributed by atoms with E-state index in [0.29, 0.717) is 5.69 Å². The van der Waals surface area contributed by atoms with Gasteiger partial charge in [-0.05, 0) is 31.3 Å². The van der Waals surface area contributed by atoms with Crippen molar-refractivity contribution < 1.29 is 14.5 Å². The number of aromatic amines is 1. The molecule has 0 aliphatic rings. The number of thiocarbonyl (C=S) groups is 1. The number of nitrogens with one attached hydrogen (secondary N) is 4. The van der Waals surface area contributed by atoms with Gasteiger partial charge < -0.3 is 0 Å². The molecule has 11 heteroatoms. The lowest BCUT2D eigenvalue weighted by molar-refractivity contribution is -0.384. The molecule has 1 heterocycles. The predicted octanol–water partition coefficient (Wildman–Crippen LogP) is 0.576. The van der Waals surface area contributed by atoms with Gasteiger partial charge in [0.25, 0.3) is 17.5 Å². The molecule has 0 fully saturated rings. The summed E-state index contributed by atoms with van der Waals surface area (Å²) in [5.41, 5.74) is 5.30. The maximum Gasteiger partial charge on any atom is 0.290 e. The first-order valence-electron chi connectivity index (χ1n) is 6.55. The second-order valence-electron chi connectivity index (χ2n) is 4.61. The third-order valence-electron chi connectivity index (χ3n) is 2.77. The van der Waals surface area contributed by atoms with E-state index in [1.165, 1.54) is 24.3 Å². The van der Waals surface area contributed by atoms with Crippen LogP contribution in [0.3, 0.4) is 0 Å². The van der Waals surface area contributed by atoms with Gasteiger partial charge in [0.1, 0.15) is 0 Å². The van der Waals surface area contributed by atoms with Crippen molar-refractivity contribution in [3.05, 3.63) is 57.4 Å². The van der Waals surface area contributed by atoms with E-state index in [4.69, 9.17) is 12.2 Å². The molecule has 1 aromatic heterocycles.